The van der Waals surface area contributed by atoms with Gasteiger partial charge in [-0.2, -0.15) is 0 Å². The van der Waals surface area contributed by atoms with Gasteiger partial charge in [0.05, 0.1) is 31.4 Å². The van der Waals surface area contributed by atoms with Crippen LogP contribution in [0.15, 0.2) is 5.38 Å². The first-order valence-corrected chi connectivity index (χ1v) is 8.91. The van der Waals surface area contributed by atoms with Gasteiger partial charge in [0.1, 0.15) is 0 Å². The van der Waals surface area contributed by atoms with E-state index in [0.29, 0.717) is 12.3 Å². The van der Waals surface area contributed by atoms with Crippen LogP contribution in [-0.2, 0) is 30.8 Å². The zero-order valence-corrected chi connectivity index (χ0v) is 13.3. The van der Waals surface area contributed by atoms with Gasteiger partial charge in [0.2, 0.25) is 15.9 Å². The minimum Gasteiger partial charge on any atom is -0.466 e. The van der Waals surface area contributed by atoms with Gasteiger partial charge >= 0.3 is 5.97 Å². The number of anilines is 1. The van der Waals surface area contributed by atoms with Gasteiger partial charge < -0.3 is 10.1 Å². The SMILES string of the molecule is CCOC(=O)CCNC(=O)Cc1csc(NS(C)(=O)=O)n1. The molecule has 2 N–H and O–H groups in total. The predicted molar refractivity (Wildman–Crippen MR) is 78.5 cm³/mol. The Balaban J connectivity index is 2.36. The molecule has 10 heteroatoms. The van der Waals surface area contributed by atoms with Crippen molar-refractivity contribution in [1.29, 1.82) is 0 Å². The highest BCUT2D eigenvalue weighted by atomic mass is 32.2. The number of amides is 1. The standard InChI is InChI=1S/C11H17N3O5S2/c1-3-19-10(16)4-5-12-9(15)6-8-7-20-11(13-8)14-21(2,17)18/h7H,3-6H2,1-2H3,(H,12,15)(H,13,14). The van der Waals surface area contributed by atoms with E-state index in [1.165, 1.54) is 0 Å². The van der Waals surface area contributed by atoms with Gasteiger partial charge in [-0.05, 0) is 6.92 Å². The number of carbonyl (C=O) groups is 2. The molecule has 0 aliphatic heterocycles. The molecule has 0 aromatic carbocycles. The Morgan fingerprint density at radius 3 is 2.76 bits per heavy atom. The van der Waals surface area contributed by atoms with E-state index in [-0.39, 0.29) is 36.4 Å². The lowest BCUT2D eigenvalue weighted by Crippen LogP contribution is -2.28. The van der Waals surface area contributed by atoms with E-state index in [1.54, 1.807) is 12.3 Å². The minimum absolute atomic E-state index is 0.0186. The molecule has 0 saturated carbocycles. The summed E-state index contributed by atoms with van der Waals surface area (Å²) in [4.78, 5) is 26.7. The third kappa shape index (κ3) is 7.61. The monoisotopic (exact) mass is 335 g/mol. The van der Waals surface area contributed by atoms with Gasteiger partial charge in [0.15, 0.2) is 5.13 Å². The average Bonchev–Trinajstić information content (AvgIpc) is 2.74. The average molecular weight is 335 g/mol. The lowest BCUT2D eigenvalue weighted by atomic mass is 10.3. The van der Waals surface area contributed by atoms with Crippen LogP contribution in [0.25, 0.3) is 0 Å². The summed E-state index contributed by atoms with van der Waals surface area (Å²) in [5.74, 6) is -0.665. The molecule has 0 unspecified atom stereocenters. The smallest absolute Gasteiger partial charge is 0.307 e. The molecule has 8 nitrogen and oxygen atoms in total. The fraction of sp³-hybridized carbons (Fsp3) is 0.545. The quantitative estimate of drug-likeness (QED) is 0.653. The molecule has 0 atom stereocenters. The van der Waals surface area contributed by atoms with Crippen molar-refractivity contribution in [2.24, 2.45) is 0 Å². The molecule has 1 aromatic heterocycles. The molecule has 0 radical (unpaired) electrons. The van der Waals surface area contributed by atoms with Crippen LogP contribution in [-0.4, -0.2) is 44.7 Å². The molecule has 1 heterocycles. The minimum atomic E-state index is -3.38. The van der Waals surface area contributed by atoms with E-state index >= 15 is 0 Å². The van der Waals surface area contributed by atoms with Crippen LogP contribution in [0.3, 0.4) is 0 Å². The van der Waals surface area contributed by atoms with Crippen LogP contribution in [0.5, 0.6) is 0 Å². The summed E-state index contributed by atoms with van der Waals surface area (Å²) in [6, 6.07) is 0. The summed E-state index contributed by atoms with van der Waals surface area (Å²) in [6.45, 7) is 2.21. The predicted octanol–water partition coefficient (Wildman–Crippen LogP) is 0.126. The van der Waals surface area contributed by atoms with E-state index in [1.807, 2.05) is 0 Å². The fourth-order valence-electron chi connectivity index (χ4n) is 1.36. The second-order valence-corrected chi connectivity index (χ2v) is 6.71. The first kappa shape index (κ1) is 17.4. The zero-order chi connectivity index (χ0) is 15.9. The van der Waals surface area contributed by atoms with Crippen molar-refractivity contribution < 1.29 is 22.7 Å². The lowest BCUT2D eigenvalue weighted by Gasteiger charge is -2.04. The van der Waals surface area contributed by atoms with Crippen molar-refractivity contribution in [3.8, 4) is 0 Å². The zero-order valence-electron chi connectivity index (χ0n) is 11.7. The third-order valence-corrected chi connectivity index (χ3v) is 3.62. The molecule has 0 spiro atoms. The number of hydrogen-bond acceptors (Lipinski definition) is 7. The van der Waals surface area contributed by atoms with Crippen molar-refractivity contribution in [3.05, 3.63) is 11.1 Å². The Bertz CT molecular complexity index is 597. The summed E-state index contributed by atoms with van der Waals surface area (Å²) >= 11 is 1.10. The molecule has 0 saturated heterocycles. The summed E-state index contributed by atoms with van der Waals surface area (Å²) in [7, 11) is -3.38. The molecule has 1 rings (SSSR count). The number of aromatic nitrogens is 1. The molecule has 0 aliphatic rings. The van der Waals surface area contributed by atoms with Crippen LogP contribution in [0.2, 0.25) is 0 Å². The number of nitrogens with one attached hydrogen (secondary N) is 2. The van der Waals surface area contributed by atoms with E-state index in [4.69, 9.17) is 4.74 Å². The molecule has 1 amide bonds. The molecule has 0 fully saturated rings. The maximum atomic E-state index is 11.6. The Hall–Kier alpha value is -1.68. The maximum absolute atomic E-state index is 11.6. The van der Waals surface area contributed by atoms with Crippen molar-refractivity contribution >= 4 is 38.4 Å². The highest BCUT2D eigenvalue weighted by molar-refractivity contribution is 7.92. The van der Waals surface area contributed by atoms with Crippen LogP contribution in [0, 0.1) is 0 Å². The van der Waals surface area contributed by atoms with Crippen molar-refractivity contribution in [2.75, 3.05) is 24.1 Å². The molecule has 0 aliphatic carbocycles. The van der Waals surface area contributed by atoms with Crippen LogP contribution >= 0.6 is 11.3 Å². The maximum Gasteiger partial charge on any atom is 0.307 e. The highest BCUT2D eigenvalue weighted by Gasteiger charge is 2.10. The van der Waals surface area contributed by atoms with E-state index in [9.17, 15) is 18.0 Å². The van der Waals surface area contributed by atoms with E-state index in [2.05, 4.69) is 15.0 Å². The first-order chi connectivity index (χ1) is 9.80. The topological polar surface area (TPSA) is 114 Å². The van der Waals surface area contributed by atoms with Crippen molar-refractivity contribution in [3.63, 3.8) is 0 Å². The molecule has 0 bridgehead atoms. The van der Waals surface area contributed by atoms with Crippen LogP contribution in [0.4, 0.5) is 5.13 Å². The van der Waals surface area contributed by atoms with Gasteiger partial charge in [0, 0.05) is 11.9 Å². The van der Waals surface area contributed by atoms with Crippen molar-refractivity contribution in [2.45, 2.75) is 19.8 Å². The largest absolute Gasteiger partial charge is 0.466 e. The number of nitrogens with zero attached hydrogens (tertiary/aromatic N) is 1. The van der Waals surface area contributed by atoms with Gasteiger partial charge in [-0.15, -0.1) is 11.3 Å². The Morgan fingerprint density at radius 2 is 2.14 bits per heavy atom. The Kier molecular flexibility index (Phi) is 6.56. The molecular formula is C11H17N3O5S2. The van der Waals surface area contributed by atoms with Gasteiger partial charge in [0.25, 0.3) is 0 Å². The summed E-state index contributed by atoms with van der Waals surface area (Å²) in [5, 5.41) is 4.37. The molecule has 1 aromatic rings. The normalized spacial score (nSPS) is 11.0. The summed E-state index contributed by atoms with van der Waals surface area (Å²) in [5.41, 5.74) is 0.458. The number of sulfonamides is 1. The van der Waals surface area contributed by atoms with Gasteiger partial charge in [-0.3, -0.25) is 14.3 Å². The molecule has 118 valence electrons. The molecule has 21 heavy (non-hydrogen) atoms. The van der Waals surface area contributed by atoms with Crippen LogP contribution < -0.4 is 10.0 Å². The number of esters is 1. The van der Waals surface area contributed by atoms with Gasteiger partial charge in [-0.1, -0.05) is 0 Å². The van der Waals surface area contributed by atoms with E-state index in [0.717, 1.165) is 17.6 Å². The van der Waals surface area contributed by atoms with Crippen molar-refractivity contribution in [1.82, 2.24) is 10.3 Å². The number of rotatable bonds is 8. The van der Waals surface area contributed by atoms with Gasteiger partial charge in [-0.25, -0.2) is 13.4 Å². The first-order valence-electron chi connectivity index (χ1n) is 6.14. The van der Waals surface area contributed by atoms with E-state index < -0.39 is 10.0 Å². The summed E-state index contributed by atoms with van der Waals surface area (Å²) in [6.07, 6.45) is 1.15. The number of ether oxygens (including phenoxy) is 1. The number of thiazole rings is 1. The number of hydrogen-bond donors (Lipinski definition) is 2. The summed E-state index contributed by atoms with van der Waals surface area (Å²) < 4.78 is 29.0. The lowest BCUT2D eigenvalue weighted by molar-refractivity contribution is -0.143. The second-order valence-electron chi connectivity index (χ2n) is 4.10. The third-order valence-electron chi connectivity index (χ3n) is 2.12. The second kappa shape index (κ2) is 7.93. The highest BCUT2D eigenvalue weighted by Crippen LogP contribution is 2.16. The Morgan fingerprint density at radius 1 is 1.43 bits per heavy atom. The molecular weight excluding hydrogens is 318 g/mol. The fourth-order valence-corrected chi connectivity index (χ4v) is 2.92. The van der Waals surface area contributed by atoms with Crippen LogP contribution in [0.1, 0.15) is 19.0 Å². The number of carbonyl (C=O) groups excluding carboxylic acids is 2. The Labute approximate surface area is 127 Å².